The first kappa shape index (κ1) is 12.2. The van der Waals surface area contributed by atoms with Crippen LogP contribution < -0.4 is 0 Å². The Hall–Kier alpha value is 0.110. The summed E-state index contributed by atoms with van der Waals surface area (Å²) in [6.07, 6.45) is 0.942. The molecule has 0 heterocycles. The van der Waals surface area contributed by atoms with Crippen molar-refractivity contribution in [1.82, 2.24) is 0 Å². The van der Waals surface area contributed by atoms with Crippen LogP contribution in [0.2, 0.25) is 0 Å². The lowest BCUT2D eigenvalue weighted by atomic mass is 9.88. The molecule has 1 aromatic carbocycles. The molecule has 0 radical (unpaired) electrons. The summed E-state index contributed by atoms with van der Waals surface area (Å²) in [5.74, 6) is -0.203. The van der Waals surface area contributed by atoms with Gasteiger partial charge in [-0.15, -0.1) is 0 Å². The van der Waals surface area contributed by atoms with Crippen molar-refractivity contribution in [2.45, 2.75) is 20.3 Å². The van der Waals surface area contributed by atoms with Gasteiger partial charge in [0.15, 0.2) is 0 Å². The van der Waals surface area contributed by atoms with Gasteiger partial charge in [0.05, 0.1) is 4.47 Å². The SMILES string of the molecule is CC(C)(CBr)Cc1ccc(F)c(Br)c1. The van der Waals surface area contributed by atoms with Gasteiger partial charge in [-0.2, -0.15) is 0 Å². The van der Waals surface area contributed by atoms with Crippen molar-refractivity contribution < 1.29 is 4.39 Å². The highest BCUT2D eigenvalue weighted by molar-refractivity contribution is 9.10. The second kappa shape index (κ2) is 4.75. The number of halogens is 3. The summed E-state index contributed by atoms with van der Waals surface area (Å²) < 4.78 is 13.5. The van der Waals surface area contributed by atoms with Gasteiger partial charge in [-0.3, -0.25) is 0 Å². The molecular weight excluding hydrogens is 311 g/mol. The van der Waals surface area contributed by atoms with Crippen LogP contribution in [0.4, 0.5) is 4.39 Å². The number of alkyl halides is 1. The third-order valence-corrected chi connectivity index (χ3v) is 4.15. The molecule has 0 amide bonds. The van der Waals surface area contributed by atoms with E-state index in [0.29, 0.717) is 4.47 Å². The van der Waals surface area contributed by atoms with Crippen molar-refractivity contribution in [1.29, 1.82) is 0 Å². The second-order valence-corrected chi connectivity index (χ2v) is 5.64. The van der Waals surface area contributed by atoms with E-state index in [1.54, 1.807) is 0 Å². The van der Waals surface area contributed by atoms with E-state index in [-0.39, 0.29) is 11.2 Å². The monoisotopic (exact) mass is 322 g/mol. The maximum absolute atomic E-state index is 13.0. The van der Waals surface area contributed by atoms with Crippen molar-refractivity contribution in [2.24, 2.45) is 5.41 Å². The van der Waals surface area contributed by atoms with Crippen LogP contribution in [0.5, 0.6) is 0 Å². The van der Waals surface area contributed by atoms with Crippen LogP contribution in [0.15, 0.2) is 22.7 Å². The minimum Gasteiger partial charge on any atom is -0.206 e. The lowest BCUT2D eigenvalue weighted by Crippen LogP contribution is -2.16. The molecule has 0 unspecified atom stereocenters. The van der Waals surface area contributed by atoms with Gasteiger partial charge in [0.2, 0.25) is 0 Å². The molecular formula is C11H13Br2F. The molecule has 0 fully saturated rings. The largest absolute Gasteiger partial charge is 0.206 e. The van der Waals surface area contributed by atoms with Gasteiger partial charge in [-0.05, 0) is 45.5 Å². The standard InChI is InChI=1S/C11H13Br2F/c1-11(2,7-12)6-8-3-4-10(14)9(13)5-8/h3-5H,6-7H2,1-2H3. The molecule has 0 aromatic heterocycles. The highest BCUT2D eigenvalue weighted by Gasteiger charge is 2.17. The van der Waals surface area contributed by atoms with Crippen LogP contribution in [0.25, 0.3) is 0 Å². The Labute approximate surface area is 101 Å². The van der Waals surface area contributed by atoms with Gasteiger partial charge in [0, 0.05) is 5.33 Å². The van der Waals surface area contributed by atoms with Crippen LogP contribution in [0.1, 0.15) is 19.4 Å². The van der Waals surface area contributed by atoms with E-state index in [1.807, 2.05) is 12.1 Å². The smallest absolute Gasteiger partial charge is 0.137 e. The minimum absolute atomic E-state index is 0.203. The minimum atomic E-state index is -0.203. The fraction of sp³-hybridized carbons (Fsp3) is 0.455. The molecule has 1 aromatic rings. The lowest BCUT2D eigenvalue weighted by Gasteiger charge is -2.21. The fourth-order valence-corrected chi connectivity index (χ4v) is 1.87. The number of rotatable bonds is 3. The van der Waals surface area contributed by atoms with Crippen molar-refractivity contribution in [3.05, 3.63) is 34.1 Å². The zero-order valence-corrected chi connectivity index (χ0v) is 11.5. The molecule has 78 valence electrons. The van der Waals surface area contributed by atoms with Crippen molar-refractivity contribution in [3.63, 3.8) is 0 Å². The van der Waals surface area contributed by atoms with E-state index in [9.17, 15) is 4.39 Å². The first-order valence-corrected chi connectivity index (χ1v) is 6.36. The van der Waals surface area contributed by atoms with Gasteiger partial charge < -0.3 is 0 Å². The molecule has 0 atom stereocenters. The van der Waals surface area contributed by atoms with Crippen LogP contribution in [-0.2, 0) is 6.42 Å². The van der Waals surface area contributed by atoms with Gasteiger partial charge in [0.25, 0.3) is 0 Å². The maximum atomic E-state index is 13.0. The predicted octanol–water partition coefficient (Wildman–Crippen LogP) is 4.55. The first-order chi connectivity index (χ1) is 6.44. The van der Waals surface area contributed by atoms with E-state index in [0.717, 1.165) is 17.3 Å². The van der Waals surface area contributed by atoms with E-state index in [4.69, 9.17) is 0 Å². The van der Waals surface area contributed by atoms with E-state index >= 15 is 0 Å². The third-order valence-electron chi connectivity index (χ3n) is 2.03. The number of benzene rings is 1. The molecule has 0 N–H and O–H groups in total. The normalized spacial score (nSPS) is 11.8. The molecule has 0 spiro atoms. The van der Waals surface area contributed by atoms with E-state index < -0.39 is 0 Å². The average molecular weight is 324 g/mol. The van der Waals surface area contributed by atoms with Gasteiger partial charge in [0.1, 0.15) is 5.82 Å². The number of hydrogen-bond acceptors (Lipinski definition) is 0. The summed E-state index contributed by atoms with van der Waals surface area (Å²) in [4.78, 5) is 0. The Balaban J connectivity index is 2.83. The van der Waals surface area contributed by atoms with Crippen molar-refractivity contribution >= 4 is 31.9 Å². The van der Waals surface area contributed by atoms with Crippen LogP contribution in [-0.4, -0.2) is 5.33 Å². The van der Waals surface area contributed by atoms with E-state index in [1.165, 1.54) is 6.07 Å². The van der Waals surface area contributed by atoms with Crippen LogP contribution >= 0.6 is 31.9 Å². The zero-order chi connectivity index (χ0) is 10.8. The first-order valence-electron chi connectivity index (χ1n) is 4.44. The molecule has 3 heteroatoms. The molecule has 0 aliphatic heterocycles. The van der Waals surface area contributed by atoms with Gasteiger partial charge >= 0.3 is 0 Å². The average Bonchev–Trinajstić information content (AvgIpc) is 2.11. The highest BCUT2D eigenvalue weighted by atomic mass is 79.9. The molecule has 14 heavy (non-hydrogen) atoms. The molecule has 0 bridgehead atoms. The number of hydrogen-bond donors (Lipinski definition) is 0. The van der Waals surface area contributed by atoms with Crippen molar-refractivity contribution in [3.8, 4) is 0 Å². The third kappa shape index (κ3) is 3.35. The maximum Gasteiger partial charge on any atom is 0.137 e. The summed E-state index contributed by atoms with van der Waals surface area (Å²) in [5, 5.41) is 0.939. The summed E-state index contributed by atoms with van der Waals surface area (Å²) in [5.41, 5.74) is 1.36. The zero-order valence-electron chi connectivity index (χ0n) is 8.28. The summed E-state index contributed by atoms with van der Waals surface area (Å²) in [7, 11) is 0. The molecule has 0 saturated heterocycles. The summed E-state index contributed by atoms with van der Waals surface area (Å²) in [6.45, 7) is 4.36. The molecule has 0 aliphatic rings. The van der Waals surface area contributed by atoms with Crippen molar-refractivity contribution in [2.75, 3.05) is 5.33 Å². The molecule has 0 saturated carbocycles. The quantitative estimate of drug-likeness (QED) is 0.716. The predicted molar refractivity (Wildman–Crippen MR) is 65.4 cm³/mol. The second-order valence-electron chi connectivity index (χ2n) is 4.22. The Kier molecular flexibility index (Phi) is 4.14. The Bertz CT molecular complexity index is 321. The van der Waals surface area contributed by atoms with Crippen LogP contribution in [0.3, 0.4) is 0 Å². The molecule has 0 nitrogen and oxygen atoms in total. The van der Waals surface area contributed by atoms with Crippen LogP contribution in [0, 0.1) is 11.2 Å². The Morgan fingerprint density at radius 2 is 2.00 bits per heavy atom. The van der Waals surface area contributed by atoms with E-state index in [2.05, 4.69) is 45.7 Å². The highest BCUT2D eigenvalue weighted by Crippen LogP contribution is 2.26. The Morgan fingerprint density at radius 3 is 2.50 bits per heavy atom. The lowest BCUT2D eigenvalue weighted by molar-refractivity contribution is 0.424. The Morgan fingerprint density at radius 1 is 1.36 bits per heavy atom. The topological polar surface area (TPSA) is 0 Å². The molecule has 0 aliphatic carbocycles. The van der Waals surface area contributed by atoms with Gasteiger partial charge in [-0.1, -0.05) is 35.8 Å². The summed E-state index contributed by atoms with van der Waals surface area (Å²) >= 11 is 6.66. The molecule has 1 rings (SSSR count). The summed E-state index contributed by atoms with van der Waals surface area (Å²) in [6, 6.07) is 5.19. The fourth-order valence-electron chi connectivity index (χ4n) is 1.25. The van der Waals surface area contributed by atoms with Gasteiger partial charge in [-0.25, -0.2) is 4.39 Å².